The molecule has 3 aromatic rings. The van der Waals surface area contributed by atoms with Crippen LogP contribution in [0.2, 0.25) is 0 Å². The Labute approximate surface area is 131 Å². The summed E-state index contributed by atoms with van der Waals surface area (Å²) in [6.45, 7) is 0. The predicted octanol–water partition coefficient (Wildman–Crippen LogP) is 4.16. The zero-order valence-electron chi connectivity index (χ0n) is 9.65. The Balaban J connectivity index is 2.17. The normalized spacial score (nSPS) is 10.8. The van der Waals surface area contributed by atoms with Crippen LogP contribution in [-0.2, 0) is 0 Å². The molecule has 0 radical (unpaired) electrons. The first-order chi connectivity index (χ1) is 9.16. The predicted molar refractivity (Wildman–Crippen MR) is 86.4 cm³/mol. The molecule has 2 heterocycles. The van der Waals surface area contributed by atoms with Gasteiger partial charge in [-0.15, -0.1) is 0 Å². The number of aromatic nitrogens is 2. The lowest BCUT2D eigenvalue weighted by Crippen LogP contribution is -2.02. The molecular formula is C14H8BrIN2O. The first kappa shape index (κ1) is 12.8. The third kappa shape index (κ3) is 2.32. The Hall–Kier alpha value is -1.21. The van der Waals surface area contributed by atoms with Crippen molar-refractivity contribution in [2.24, 2.45) is 0 Å². The highest BCUT2D eigenvalue weighted by atomic mass is 127. The van der Waals surface area contributed by atoms with Gasteiger partial charge in [0, 0.05) is 36.9 Å². The monoisotopic (exact) mass is 426 g/mol. The minimum atomic E-state index is 0.0103. The smallest absolute Gasteiger partial charge is 0.196 e. The first-order valence-electron chi connectivity index (χ1n) is 5.58. The van der Waals surface area contributed by atoms with Crippen molar-refractivity contribution in [3.63, 3.8) is 0 Å². The van der Waals surface area contributed by atoms with E-state index in [4.69, 9.17) is 0 Å². The molecule has 19 heavy (non-hydrogen) atoms. The second kappa shape index (κ2) is 5.05. The van der Waals surface area contributed by atoms with Gasteiger partial charge in [-0.25, -0.2) is 4.98 Å². The van der Waals surface area contributed by atoms with E-state index in [1.54, 1.807) is 12.4 Å². The van der Waals surface area contributed by atoms with Crippen LogP contribution >= 0.6 is 38.5 Å². The van der Waals surface area contributed by atoms with Crippen molar-refractivity contribution in [1.82, 2.24) is 9.97 Å². The molecule has 1 aromatic carbocycles. The number of nitrogens with one attached hydrogen (secondary N) is 1. The molecule has 0 aliphatic carbocycles. The Kier molecular flexibility index (Phi) is 3.40. The Bertz CT molecular complexity index is 782. The highest BCUT2D eigenvalue weighted by Crippen LogP contribution is 2.24. The van der Waals surface area contributed by atoms with Gasteiger partial charge in [-0.05, 0) is 56.7 Å². The molecule has 0 fully saturated rings. The number of halogens is 2. The van der Waals surface area contributed by atoms with Crippen molar-refractivity contribution in [1.29, 1.82) is 0 Å². The van der Waals surface area contributed by atoms with Gasteiger partial charge < -0.3 is 4.98 Å². The van der Waals surface area contributed by atoms with Gasteiger partial charge in [0.2, 0.25) is 0 Å². The van der Waals surface area contributed by atoms with Gasteiger partial charge in [0.1, 0.15) is 5.65 Å². The first-order valence-corrected chi connectivity index (χ1v) is 7.46. The Morgan fingerprint density at radius 1 is 1.26 bits per heavy atom. The van der Waals surface area contributed by atoms with E-state index >= 15 is 0 Å². The fourth-order valence-corrected chi connectivity index (χ4v) is 2.92. The fraction of sp³-hybridized carbons (Fsp3) is 0. The van der Waals surface area contributed by atoms with Gasteiger partial charge in [-0.1, -0.05) is 12.1 Å². The number of nitrogens with zero attached hydrogens (tertiary/aromatic N) is 1. The summed E-state index contributed by atoms with van der Waals surface area (Å²) < 4.78 is 1.80. The zero-order chi connectivity index (χ0) is 13.4. The molecule has 1 N–H and O–H groups in total. The molecule has 94 valence electrons. The molecular weight excluding hydrogens is 419 g/mol. The lowest BCUT2D eigenvalue weighted by Gasteiger charge is -2.02. The van der Waals surface area contributed by atoms with Crippen LogP contribution in [0.3, 0.4) is 0 Å². The van der Waals surface area contributed by atoms with Crippen molar-refractivity contribution in [3.05, 3.63) is 61.9 Å². The minimum Gasteiger partial charge on any atom is -0.345 e. The van der Waals surface area contributed by atoms with E-state index in [2.05, 4.69) is 48.5 Å². The molecule has 0 amide bonds. The quantitative estimate of drug-likeness (QED) is 0.494. The number of pyridine rings is 1. The molecule has 0 saturated heterocycles. The van der Waals surface area contributed by atoms with Gasteiger partial charge in [0.25, 0.3) is 0 Å². The van der Waals surface area contributed by atoms with Crippen LogP contribution in [0.1, 0.15) is 15.9 Å². The van der Waals surface area contributed by atoms with E-state index in [0.717, 1.165) is 19.1 Å². The highest BCUT2D eigenvalue weighted by molar-refractivity contribution is 14.1. The summed E-state index contributed by atoms with van der Waals surface area (Å²) in [6, 6.07) is 9.47. The summed E-state index contributed by atoms with van der Waals surface area (Å²) in [5.41, 5.74) is 2.08. The van der Waals surface area contributed by atoms with Crippen molar-refractivity contribution >= 4 is 55.3 Å². The van der Waals surface area contributed by atoms with E-state index in [-0.39, 0.29) is 5.78 Å². The molecule has 5 heteroatoms. The standard InChI is InChI=1S/C14H8BrIN2O/c15-8-5-10-11(7-18-14(10)17-6-8)13(19)9-3-1-2-4-12(9)16/h1-7H,(H,17,18). The van der Waals surface area contributed by atoms with Crippen molar-refractivity contribution in [2.45, 2.75) is 0 Å². The van der Waals surface area contributed by atoms with Crippen LogP contribution in [0.15, 0.2) is 47.2 Å². The van der Waals surface area contributed by atoms with E-state index in [9.17, 15) is 4.79 Å². The van der Waals surface area contributed by atoms with Crippen LogP contribution in [0.4, 0.5) is 0 Å². The van der Waals surface area contributed by atoms with Crippen LogP contribution in [0.5, 0.6) is 0 Å². The summed E-state index contributed by atoms with van der Waals surface area (Å²) in [5.74, 6) is 0.0103. The Morgan fingerprint density at radius 2 is 2.05 bits per heavy atom. The number of fused-ring (bicyclic) bond motifs is 1. The fourth-order valence-electron chi connectivity index (χ4n) is 1.96. The van der Waals surface area contributed by atoms with Gasteiger partial charge >= 0.3 is 0 Å². The van der Waals surface area contributed by atoms with Gasteiger partial charge in [-0.2, -0.15) is 0 Å². The second-order valence-corrected chi connectivity index (χ2v) is 6.14. The lowest BCUT2D eigenvalue weighted by atomic mass is 10.0. The summed E-state index contributed by atoms with van der Waals surface area (Å²) in [5, 5.41) is 0.832. The van der Waals surface area contributed by atoms with Gasteiger partial charge in [0.15, 0.2) is 5.78 Å². The number of benzene rings is 1. The lowest BCUT2D eigenvalue weighted by molar-refractivity contribution is 0.103. The van der Waals surface area contributed by atoms with E-state index in [0.29, 0.717) is 11.1 Å². The number of H-pyrrole nitrogens is 1. The summed E-state index contributed by atoms with van der Waals surface area (Å²) in [7, 11) is 0. The molecule has 0 unspecified atom stereocenters. The Morgan fingerprint density at radius 3 is 2.84 bits per heavy atom. The third-order valence-corrected chi connectivity index (χ3v) is 4.24. The largest absolute Gasteiger partial charge is 0.345 e. The molecule has 0 aliphatic rings. The van der Waals surface area contributed by atoms with Crippen molar-refractivity contribution in [2.75, 3.05) is 0 Å². The topological polar surface area (TPSA) is 45.8 Å². The number of carbonyl (C=O) groups is 1. The number of ketones is 1. The van der Waals surface area contributed by atoms with Crippen LogP contribution < -0.4 is 0 Å². The van der Waals surface area contributed by atoms with Crippen LogP contribution in [0, 0.1) is 3.57 Å². The van der Waals surface area contributed by atoms with Crippen molar-refractivity contribution < 1.29 is 4.79 Å². The van der Waals surface area contributed by atoms with E-state index < -0.39 is 0 Å². The SMILES string of the molecule is O=C(c1ccccc1I)c1c[nH]c2ncc(Br)cc12. The average Bonchev–Trinajstić information content (AvgIpc) is 2.81. The highest BCUT2D eigenvalue weighted by Gasteiger charge is 2.16. The number of hydrogen-bond acceptors (Lipinski definition) is 2. The zero-order valence-corrected chi connectivity index (χ0v) is 13.4. The maximum atomic E-state index is 12.6. The number of carbonyl (C=O) groups excluding carboxylic acids is 1. The number of aromatic amines is 1. The van der Waals surface area contributed by atoms with Crippen molar-refractivity contribution in [3.8, 4) is 0 Å². The van der Waals surface area contributed by atoms with E-state index in [1.165, 1.54) is 0 Å². The maximum absolute atomic E-state index is 12.6. The van der Waals surface area contributed by atoms with Crippen LogP contribution in [-0.4, -0.2) is 15.8 Å². The molecule has 0 aliphatic heterocycles. The number of rotatable bonds is 2. The molecule has 3 nitrogen and oxygen atoms in total. The molecule has 0 spiro atoms. The summed E-state index contributed by atoms with van der Waals surface area (Å²) in [4.78, 5) is 19.9. The van der Waals surface area contributed by atoms with Gasteiger partial charge in [0.05, 0.1) is 0 Å². The van der Waals surface area contributed by atoms with E-state index in [1.807, 2.05) is 30.3 Å². The molecule has 0 saturated carbocycles. The van der Waals surface area contributed by atoms with Crippen LogP contribution in [0.25, 0.3) is 11.0 Å². The average molecular weight is 427 g/mol. The second-order valence-electron chi connectivity index (χ2n) is 4.06. The molecule has 0 atom stereocenters. The van der Waals surface area contributed by atoms with Gasteiger partial charge in [-0.3, -0.25) is 4.79 Å². The third-order valence-electron chi connectivity index (χ3n) is 2.86. The molecule has 2 aromatic heterocycles. The summed E-state index contributed by atoms with van der Waals surface area (Å²) >= 11 is 5.56. The minimum absolute atomic E-state index is 0.0103. The maximum Gasteiger partial charge on any atom is 0.196 e. The summed E-state index contributed by atoms with van der Waals surface area (Å²) in [6.07, 6.45) is 3.43. The molecule has 0 bridgehead atoms. The molecule has 3 rings (SSSR count). The number of hydrogen-bond donors (Lipinski definition) is 1.